The summed E-state index contributed by atoms with van der Waals surface area (Å²) in [7, 11) is 1.48. The van der Waals surface area contributed by atoms with Gasteiger partial charge in [0.05, 0.1) is 0 Å². The van der Waals surface area contributed by atoms with Crippen LogP contribution in [0.3, 0.4) is 0 Å². The smallest absolute Gasteiger partial charge is 0.271 e. The number of hydrogen-bond donors (Lipinski definition) is 3. The Hall–Kier alpha value is -2.83. The van der Waals surface area contributed by atoms with Crippen molar-refractivity contribution >= 4 is 11.8 Å². The number of rotatable bonds is 6. The summed E-state index contributed by atoms with van der Waals surface area (Å²) >= 11 is 0. The van der Waals surface area contributed by atoms with Crippen LogP contribution in [-0.4, -0.2) is 30.4 Å². The molecule has 0 atom stereocenters. The fourth-order valence-electron chi connectivity index (χ4n) is 2.28. The van der Waals surface area contributed by atoms with Gasteiger partial charge in [-0.25, -0.2) is 4.39 Å². The highest BCUT2D eigenvalue weighted by atomic mass is 19.1. The molecule has 24 heavy (non-hydrogen) atoms. The van der Waals surface area contributed by atoms with E-state index in [4.69, 9.17) is 4.74 Å². The van der Waals surface area contributed by atoms with Crippen molar-refractivity contribution in [2.75, 3.05) is 13.6 Å². The molecule has 0 aliphatic rings. The molecule has 0 saturated carbocycles. The Balaban J connectivity index is 2.34. The third-order valence-electron chi connectivity index (χ3n) is 3.54. The van der Waals surface area contributed by atoms with Crippen molar-refractivity contribution in [1.82, 2.24) is 15.6 Å². The highest BCUT2D eigenvalue weighted by Gasteiger charge is 2.24. The first kappa shape index (κ1) is 17.5. The summed E-state index contributed by atoms with van der Waals surface area (Å²) in [5.74, 6) is -0.909. The van der Waals surface area contributed by atoms with Gasteiger partial charge in [-0.15, -0.1) is 0 Å². The van der Waals surface area contributed by atoms with Gasteiger partial charge in [0.1, 0.15) is 23.8 Å². The van der Waals surface area contributed by atoms with Gasteiger partial charge in [-0.05, 0) is 19.9 Å². The van der Waals surface area contributed by atoms with Gasteiger partial charge in [-0.3, -0.25) is 9.59 Å². The number of hydrogen-bond acceptors (Lipinski definition) is 3. The number of carbonyl (C=O) groups excluding carboxylic acids is 2. The molecular formula is C17H20FN3O3. The summed E-state index contributed by atoms with van der Waals surface area (Å²) in [5.41, 5.74) is 1.24. The summed E-state index contributed by atoms with van der Waals surface area (Å²) in [6, 6.07) is 6.22. The Morgan fingerprint density at radius 2 is 1.92 bits per heavy atom. The van der Waals surface area contributed by atoms with E-state index in [2.05, 4.69) is 15.6 Å². The van der Waals surface area contributed by atoms with E-state index in [0.29, 0.717) is 17.7 Å². The molecule has 0 saturated heterocycles. The lowest BCUT2D eigenvalue weighted by atomic mass is 10.2. The fourth-order valence-corrected chi connectivity index (χ4v) is 2.28. The van der Waals surface area contributed by atoms with Crippen LogP contribution in [0.2, 0.25) is 0 Å². The zero-order valence-corrected chi connectivity index (χ0v) is 13.8. The second-order valence-electron chi connectivity index (χ2n) is 5.15. The van der Waals surface area contributed by atoms with Crippen molar-refractivity contribution in [3.63, 3.8) is 0 Å². The van der Waals surface area contributed by atoms with Crippen LogP contribution >= 0.6 is 0 Å². The molecule has 0 spiro atoms. The maximum atomic E-state index is 13.7. The summed E-state index contributed by atoms with van der Waals surface area (Å²) in [6.45, 7) is 3.87. The average molecular weight is 333 g/mol. The van der Waals surface area contributed by atoms with Gasteiger partial charge in [-0.2, -0.15) is 0 Å². The van der Waals surface area contributed by atoms with Gasteiger partial charge >= 0.3 is 0 Å². The van der Waals surface area contributed by atoms with Crippen molar-refractivity contribution in [1.29, 1.82) is 0 Å². The third-order valence-corrected chi connectivity index (χ3v) is 3.54. The van der Waals surface area contributed by atoms with Crippen LogP contribution in [0.25, 0.3) is 0 Å². The van der Waals surface area contributed by atoms with Crippen LogP contribution in [0.15, 0.2) is 24.3 Å². The minimum atomic E-state index is -0.419. The van der Waals surface area contributed by atoms with E-state index in [1.807, 2.05) is 0 Å². The lowest BCUT2D eigenvalue weighted by Gasteiger charge is -2.09. The molecule has 2 aromatic rings. The molecule has 1 aromatic heterocycles. The van der Waals surface area contributed by atoms with Crippen molar-refractivity contribution in [2.45, 2.75) is 20.5 Å². The normalized spacial score (nSPS) is 10.3. The molecule has 7 heteroatoms. The molecule has 0 radical (unpaired) electrons. The van der Waals surface area contributed by atoms with E-state index >= 15 is 0 Å². The molecule has 2 amide bonds. The van der Waals surface area contributed by atoms with Gasteiger partial charge in [-0.1, -0.05) is 18.2 Å². The fraction of sp³-hybridized carbons (Fsp3) is 0.294. The highest BCUT2D eigenvalue weighted by molar-refractivity contribution is 6.01. The average Bonchev–Trinajstić information content (AvgIpc) is 2.90. The van der Waals surface area contributed by atoms with Crippen molar-refractivity contribution in [3.05, 3.63) is 52.6 Å². The molecule has 0 fully saturated rings. The maximum Gasteiger partial charge on any atom is 0.271 e. The highest BCUT2D eigenvalue weighted by Crippen LogP contribution is 2.28. The van der Waals surface area contributed by atoms with E-state index in [-0.39, 0.29) is 29.7 Å². The second-order valence-corrected chi connectivity index (χ2v) is 5.15. The maximum absolute atomic E-state index is 13.7. The van der Waals surface area contributed by atoms with Crippen LogP contribution < -0.4 is 15.4 Å². The van der Waals surface area contributed by atoms with Gasteiger partial charge in [0.2, 0.25) is 0 Å². The number of benzene rings is 1. The van der Waals surface area contributed by atoms with Crippen LogP contribution in [0, 0.1) is 12.7 Å². The van der Waals surface area contributed by atoms with E-state index in [0.717, 1.165) is 0 Å². The molecular weight excluding hydrogens is 313 g/mol. The summed E-state index contributed by atoms with van der Waals surface area (Å²) in [4.78, 5) is 26.9. The number of halogens is 1. The van der Waals surface area contributed by atoms with Crippen LogP contribution in [0.5, 0.6) is 5.75 Å². The van der Waals surface area contributed by atoms with Crippen LogP contribution in [0.4, 0.5) is 4.39 Å². The molecule has 6 nitrogen and oxygen atoms in total. The van der Waals surface area contributed by atoms with Crippen molar-refractivity contribution in [3.8, 4) is 5.75 Å². The topological polar surface area (TPSA) is 83.2 Å². The Morgan fingerprint density at radius 1 is 1.21 bits per heavy atom. The lowest BCUT2D eigenvalue weighted by Crippen LogP contribution is -2.24. The van der Waals surface area contributed by atoms with Gasteiger partial charge < -0.3 is 20.4 Å². The number of aromatic amines is 1. The molecule has 0 bridgehead atoms. The molecule has 1 aromatic carbocycles. The largest absolute Gasteiger partial charge is 0.486 e. The standard InChI is InChI=1S/C17H20FN3O3/c1-4-20-17(23)13-10(2)15(14(21-13)16(22)19-3)24-9-11-7-5-6-8-12(11)18/h5-8,21H,4,9H2,1-3H3,(H,19,22)(H,20,23). The van der Waals surface area contributed by atoms with Gasteiger partial charge in [0, 0.05) is 24.7 Å². The van der Waals surface area contributed by atoms with Gasteiger partial charge in [0.25, 0.3) is 11.8 Å². The molecule has 0 aliphatic carbocycles. The first-order chi connectivity index (χ1) is 11.5. The van der Waals surface area contributed by atoms with E-state index in [1.165, 1.54) is 13.1 Å². The Bertz CT molecular complexity index is 756. The van der Waals surface area contributed by atoms with Gasteiger partial charge in [0.15, 0.2) is 5.75 Å². The number of amides is 2. The minimum Gasteiger partial charge on any atom is -0.486 e. The summed E-state index contributed by atoms with van der Waals surface area (Å²) in [6.07, 6.45) is 0. The van der Waals surface area contributed by atoms with E-state index in [9.17, 15) is 14.0 Å². The molecule has 128 valence electrons. The summed E-state index contributed by atoms with van der Waals surface area (Å²) in [5, 5.41) is 5.15. The SMILES string of the molecule is CCNC(=O)c1[nH]c(C(=O)NC)c(OCc2ccccc2F)c1C. The first-order valence-corrected chi connectivity index (χ1v) is 7.58. The molecule has 3 N–H and O–H groups in total. The summed E-state index contributed by atoms with van der Waals surface area (Å²) < 4.78 is 19.4. The third kappa shape index (κ3) is 3.56. The predicted molar refractivity (Wildman–Crippen MR) is 87.7 cm³/mol. The number of nitrogens with one attached hydrogen (secondary N) is 3. The quantitative estimate of drug-likeness (QED) is 0.757. The first-order valence-electron chi connectivity index (χ1n) is 7.58. The molecule has 0 aliphatic heterocycles. The van der Waals surface area contributed by atoms with Crippen LogP contribution in [-0.2, 0) is 6.61 Å². The Labute approximate surface area is 139 Å². The molecule has 1 heterocycles. The zero-order valence-electron chi connectivity index (χ0n) is 13.8. The Kier molecular flexibility index (Phi) is 5.57. The van der Waals surface area contributed by atoms with E-state index in [1.54, 1.807) is 32.0 Å². The molecule has 2 rings (SSSR count). The number of carbonyl (C=O) groups is 2. The second kappa shape index (κ2) is 7.63. The van der Waals surface area contributed by atoms with Crippen LogP contribution in [0.1, 0.15) is 39.0 Å². The lowest BCUT2D eigenvalue weighted by molar-refractivity contribution is 0.0950. The predicted octanol–water partition coefficient (Wildman–Crippen LogP) is 2.15. The number of aromatic nitrogens is 1. The van der Waals surface area contributed by atoms with Crippen molar-refractivity contribution < 1.29 is 18.7 Å². The Morgan fingerprint density at radius 3 is 2.54 bits per heavy atom. The van der Waals surface area contributed by atoms with E-state index < -0.39 is 11.7 Å². The minimum absolute atomic E-state index is 0.0514. The zero-order chi connectivity index (χ0) is 17.7. The molecule has 0 unspecified atom stereocenters. The number of H-pyrrole nitrogens is 1. The number of ether oxygens (including phenoxy) is 1. The monoisotopic (exact) mass is 333 g/mol. The van der Waals surface area contributed by atoms with Crippen molar-refractivity contribution in [2.24, 2.45) is 0 Å².